The van der Waals surface area contributed by atoms with Gasteiger partial charge in [-0.3, -0.25) is 4.79 Å². The minimum atomic E-state index is 0.198. The molecule has 1 aliphatic carbocycles. The summed E-state index contributed by atoms with van der Waals surface area (Å²) in [6.07, 6.45) is 3.05. The van der Waals surface area contributed by atoms with Crippen molar-refractivity contribution in [3.8, 4) is 11.5 Å². The van der Waals surface area contributed by atoms with Crippen molar-refractivity contribution in [2.24, 2.45) is 5.92 Å². The van der Waals surface area contributed by atoms with E-state index >= 15 is 0 Å². The van der Waals surface area contributed by atoms with Crippen LogP contribution >= 0.6 is 0 Å². The van der Waals surface area contributed by atoms with Gasteiger partial charge in [0.15, 0.2) is 17.3 Å². The molecular formula is C13H16O3. The van der Waals surface area contributed by atoms with Gasteiger partial charge in [0, 0.05) is 12.0 Å². The molecule has 0 N–H and O–H groups in total. The first-order valence-electron chi connectivity index (χ1n) is 5.50. The van der Waals surface area contributed by atoms with E-state index in [1.165, 1.54) is 12.8 Å². The van der Waals surface area contributed by atoms with Gasteiger partial charge in [0.05, 0.1) is 14.2 Å². The molecule has 0 aliphatic heterocycles. The van der Waals surface area contributed by atoms with Gasteiger partial charge in [0.25, 0.3) is 0 Å². The first-order valence-corrected chi connectivity index (χ1v) is 5.50. The second kappa shape index (κ2) is 4.56. The van der Waals surface area contributed by atoms with Crippen molar-refractivity contribution in [1.29, 1.82) is 0 Å². The van der Waals surface area contributed by atoms with Gasteiger partial charge < -0.3 is 9.47 Å². The van der Waals surface area contributed by atoms with Gasteiger partial charge in [0.2, 0.25) is 0 Å². The predicted octanol–water partition coefficient (Wildman–Crippen LogP) is 2.69. The fraction of sp³-hybridized carbons (Fsp3) is 0.462. The van der Waals surface area contributed by atoms with Gasteiger partial charge in [0.1, 0.15) is 0 Å². The molecule has 0 atom stereocenters. The molecule has 16 heavy (non-hydrogen) atoms. The minimum Gasteiger partial charge on any atom is -0.493 e. The summed E-state index contributed by atoms with van der Waals surface area (Å²) in [6, 6.07) is 5.33. The Bertz CT molecular complexity index is 394. The molecular weight excluding hydrogens is 204 g/mol. The molecule has 1 saturated carbocycles. The predicted molar refractivity (Wildman–Crippen MR) is 61.2 cm³/mol. The quantitative estimate of drug-likeness (QED) is 0.716. The average molecular weight is 220 g/mol. The van der Waals surface area contributed by atoms with Crippen molar-refractivity contribution in [1.82, 2.24) is 0 Å². The van der Waals surface area contributed by atoms with E-state index in [0.717, 1.165) is 0 Å². The van der Waals surface area contributed by atoms with Crippen LogP contribution in [-0.2, 0) is 0 Å². The van der Waals surface area contributed by atoms with Crippen LogP contribution in [0, 0.1) is 5.92 Å². The number of carbonyl (C=O) groups is 1. The van der Waals surface area contributed by atoms with Crippen molar-refractivity contribution in [2.45, 2.75) is 19.3 Å². The average Bonchev–Trinajstić information content (AvgIpc) is 3.11. The highest BCUT2D eigenvalue weighted by atomic mass is 16.5. The molecule has 1 aromatic carbocycles. The van der Waals surface area contributed by atoms with Gasteiger partial charge in [-0.15, -0.1) is 0 Å². The SMILES string of the molecule is COc1ccc(C(=O)CC2CC2)cc1OC. The maximum atomic E-state index is 11.9. The number of benzene rings is 1. The van der Waals surface area contributed by atoms with Crippen molar-refractivity contribution < 1.29 is 14.3 Å². The number of Topliss-reactive ketones (excluding diaryl/α,β-unsaturated/α-hetero) is 1. The molecule has 1 aromatic rings. The molecule has 0 unspecified atom stereocenters. The summed E-state index contributed by atoms with van der Waals surface area (Å²) in [5, 5.41) is 0. The summed E-state index contributed by atoms with van der Waals surface area (Å²) in [6.45, 7) is 0. The largest absolute Gasteiger partial charge is 0.493 e. The van der Waals surface area contributed by atoms with Crippen molar-refractivity contribution in [3.63, 3.8) is 0 Å². The Hall–Kier alpha value is -1.51. The zero-order chi connectivity index (χ0) is 11.5. The first-order chi connectivity index (χ1) is 7.74. The summed E-state index contributed by atoms with van der Waals surface area (Å²) in [4.78, 5) is 11.9. The van der Waals surface area contributed by atoms with E-state index in [9.17, 15) is 4.79 Å². The van der Waals surface area contributed by atoms with Crippen LogP contribution in [0.2, 0.25) is 0 Å². The van der Waals surface area contributed by atoms with Crippen molar-refractivity contribution in [2.75, 3.05) is 14.2 Å². The van der Waals surface area contributed by atoms with Crippen LogP contribution in [-0.4, -0.2) is 20.0 Å². The lowest BCUT2D eigenvalue weighted by atomic mass is 10.1. The van der Waals surface area contributed by atoms with Gasteiger partial charge in [-0.1, -0.05) is 0 Å². The Kier molecular flexibility index (Phi) is 3.13. The lowest BCUT2D eigenvalue weighted by Crippen LogP contribution is -2.01. The molecule has 0 heterocycles. The molecule has 0 bridgehead atoms. The van der Waals surface area contributed by atoms with E-state index in [-0.39, 0.29) is 5.78 Å². The zero-order valence-electron chi connectivity index (χ0n) is 9.66. The van der Waals surface area contributed by atoms with Gasteiger partial charge in [-0.2, -0.15) is 0 Å². The van der Waals surface area contributed by atoms with Gasteiger partial charge in [-0.25, -0.2) is 0 Å². The van der Waals surface area contributed by atoms with E-state index in [1.807, 2.05) is 0 Å². The normalized spacial score (nSPS) is 14.6. The topological polar surface area (TPSA) is 35.5 Å². The molecule has 0 amide bonds. The Balaban J connectivity index is 2.17. The van der Waals surface area contributed by atoms with Gasteiger partial charge >= 0.3 is 0 Å². The second-order valence-corrected chi connectivity index (χ2v) is 4.14. The fourth-order valence-electron chi connectivity index (χ4n) is 1.71. The lowest BCUT2D eigenvalue weighted by molar-refractivity contribution is 0.0975. The summed E-state index contributed by atoms with van der Waals surface area (Å²) >= 11 is 0. The van der Waals surface area contributed by atoms with Crippen LogP contribution in [0.4, 0.5) is 0 Å². The van der Waals surface area contributed by atoms with Crippen molar-refractivity contribution in [3.05, 3.63) is 23.8 Å². The molecule has 1 fully saturated rings. The molecule has 2 rings (SSSR count). The molecule has 0 saturated heterocycles. The molecule has 1 aliphatic rings. The number of hydrogen-bond donors (Lipinski definition) is 0. The van der Waals surface area contributed by atoms with Crippen LogP contribution in [0.3, 0.4) is 0 Å². The highest BCUT2D eigenvalue weighted by Crippen LogP contribution is 2.34. The standard InChI is InChI=1S/C13H16O3/c1-15-12-6-5-10(8-13(12)16-2)11(14)7-9-3-4-9/h5-6,8-9H,3-4,7H2,1-2H3. The number of carbonyl (C=O) groups excluding carboxylic acids is 1. The third-order valence-corrected chi connectivity index (χ3v) is 2.88. The highest BCUT2D eigenvalue weighted by molar-refractivity contribution is 5.97. The number of ether oxygens (including phenoxy) is 2. The third-order valence-electron chi connectivity index (χ3n) is 2.88. The van der Waals surface area contributed by atoms with Crippen molar-refractivity contribution >= 4 is 5.78 Å². The Morgan fingerprint density at radius 2 is 1.94 bits per heavy atom. The molecule has 0 spiro atoms. The maximum Gasteiger partial charge on any atom is 0.163 e. The lowest BCUT2D eigenvalue weighted by Gasteiger charge is -2.08. The Morgan fingerprint density at radius 3 is 2.50 bits per heavy atom. The number of methoxy groups -OCH3 is 2. The monoisotopic (exact) mass is 220 g/mol. The van der Waals surface area contributed by atoms with Crippen LogP contribution in [0.25, 0.3) is 0 Å². The Morgan fingerprint density at radius 1 is 1.25 bits per heavy atom. The fourth-order valence-corrected chi connectivity index (χ4v) is 1.71. The molecule has 86 valence electrons. The van der Waals surface area contributed by atoms with E-state index < -0.39 is 0 Å². The van der Waals surface area contributed by atoms with Crippen LogP contribution < -0.4 is 9.47 Å². The molecule has 3 nitrogen and oxygen atoms in total. The Labute approximate surface area is 95.4 Å². The van der Waals surface area contributed by atoms with E-state index in [4.69, 9.17) is 9.47 Å². The summed E-state index contributed by atoms with van der Waals surface area (Å²) in [7, 11) is 3.16. The number of hydrogen-bond acceptors (Lipinski definition) is 3. The summed E-state index contributed by atoms with van der Waals surface area (Å²) < 4.78 is 10.3. The van der Waals surface area contributed by atoms with Gasteiger partial charge in [-0.05, 0) is 37.0 Å². The van der Waals surface area contributed by atoms with Crippen LogP contribution in [0.1, 0.15) is 29.6 Å². The first kappa shape index (κ1) is 11.0. The molecule has 0 aromatic heterocycles. The number of rotatable bonds is 5. The molecule has 0 radical (unpaired) electrons. The van der Waals surface area contributed by atoms with Crippen LogP contribution in [0.15, 0.2) is 18.2 Å². The third kappa shape index (κ3) is 2.35. The van der Waals surface area contributed by atoms with Crippen LogP contribution in [0.5, 0.6) is 11.5 Å². The summed E-state index contributed by atoms with van der Waals surface area (Å²) in [5.74, 6) is 2.08. The maximum absolute atomic E-state index is 11.9. The van der Waals surface area contributed by atoms with E-state index in [2.05, 4.69) is 0 Å². The highest BCUT2D eigenvalue weighted by Gasteiger charge is 2.25. The second-order valence-electron chi connectivity index (χ2n) is 4.14. The smallest absolute Gasteiger partial charge is 0.163 e. The van der Waals surface area contributed by atoms with E-state index in [0.29, 0.717) is 29.4 Å². The zero-order valence-corrected chi connectivity index (χ0v) is 9.66. The number of ketones is 1. The van der Waals surface area contributed by atoms with E-state index in [1.54, 1.807) is 32.4 Å². The summed E-state index contributed by atoms with van der Waals surface area (Å²) in [5.41, 5.74) is 0.713. The molecule has 3 heteroatoms. The minimum absolute atomic E-state index is 0.198.